The van der Waals surface area contributed by atoms with E-state index in [2.05, 4.69) is 0 Å². The van der Waals surface area contributed by atoms with Crippen LogP contribution in [0.5, 0.6) is 0 Å². The molecule has 0 radical (unpaired) electrons. The van der Waals surface area contributed by atoms with Crippen LogP contribution in [0.2, 0.25) is 0 Å². The van der Waals surface area contributed by atoms with Gasteiger partial charge in [-0.25, -0.2) is 17.7 Å². The summed E-state index contributed by atoms with van der Waals surface area (Å²) in [6.45, 7) is -2.11. The fraction of sp³-hybridized carbons (Fsp3) is 0.667. The topological polar surface area (TPSA) is 50.1 Å². The Morgan fingerprint density at radius 1 is 0.553 bits per heavy atom. The molecule has 0 atom stereocenters. The van der Waals surface area contributed by atoms with Crippen molar-refractivity contribution in [2.45, 2.75) is 53.5 Å². The number of hydrogen-bond donors (Lipinski definition) is 1. The lowest BCUT2D eigenvalue weighted by atomic mass is 9.91. The number of halogens is 18. The van der Waals surface area contributed by atoms with Gasteiger partial charge >= 0.3 is 47.0 Å². The second kappa shape index (κ2) is 10.3. The molecule has 0 spiro atoms. The van der Waals surface area contributed by atoms with E-state index in [0.29, 0.717) is 4.72 Å². The van der Waals surface area contributed by atoms with Crippen molar-refractivity contribution < 1.29 is 100 Å². The van der Waals surface area contributed by atoms with E-state index in [4.69, 9.17) is 0 Å². The molecule has 0 amide bonds. The standard InChI is InChI=1S/C15H10F17N2O2S.ClH/c16-8(17,10(20,21)12(24,25)14(28,29)30)9(18,19)11(22,23)13(26,27)15(31,32)37(35,36)33-4-7-34-5-2-1-3-6-34;/h1-3,5-6,33H,4,7H2;1H/q+1;/p-1. The van der Waals surface area contributed by atoms with Crippen LogP contribution in [0.3, 0.4) is 0 Å². The lowest BCUT2D eigenvalue weighted by molar-refractivity contribution is -0.694. The zero-order valence-electron chi connectivity index (χ0n) is 17.3. The molecule has 0 unspecified atom stereocenters. The van der Waals surface area contributed by atoms with E-state index in [0.717, 1.165) is 17.0 Å². The Labute approximate surface area is 206 Å². The Morgan fingerprint density at radius 3 is 1.26 bits per heavy atom. The normalized spacial score (nSPS) is 15.3. The van der Waals surface area contributed by atoms with Crippen LogP contribution in [-0.2, 0) is 16.6 Å². The van der Waals surface area contributed by atoms with Gasteiger partial charge in [-0.2, -0.15) is 74.6 Å². The van der Waals surface area contributed by atoms with Crippen LogP contribution in [0.15, 0.2) is 30.6 Å². The molecule has 0 aliphatic carbocycles. The number of nitrogens with one attached hydrogen (secondary N) is 1. The highest BCUT2D eigenvalue weighted by Crippen LogP contribution is 2.64. The zero-order valence-corrected chi connectivity index (χ0v) is 18.8. The molecule has 4 nitrogen and oxygen atoms in total. The van der Waals surface area contributed by atoms with Gasteiger partial charge in [0.25, 0.3) is 10.0 Å². The second-order valence-electron chi connectivity index (χ2n) is 6.97. The predicted molar refractivity (Wildman–Crippen MR) is 84.2 cm³/mol. The summed E-state index contributed by atoms with van der Waals surface area (Å²) < 4.78 is 249. The average Bonchev–Trinajstić information content (AvgIpc) is 2.72. The maximum atomic E-state index is 13.9. The highest BCUT2D eigenvalue weighted by Gasteiger charge is 2.96. The van der Waals surface area contributed by atoms with Crippen molar-refractivity contribution in [1.82, 2.24) is 4.72 Å². The van der Waals surface area contributed by atoms with Gasteiger partial charge in [-0.1, -0.05) is 6.07 Å². The molecule has 0 saturated heterocycles. The summed E-state index contributed by atoms with van der Waals surface area (Å²) in [7, 11) is -7.28. The van der Waals surface area contributed by atoms with Crippen molar-refractivity contribution in [3.8, 4) is 0 Å². The Balaban J connectivity index is 0.0000137. The number of pyridine rings is 1. The van der Waals surface area contributed by atoms with E-state index >= 15 is 0 Å². The van der Waals surface area contributed by atoms with Gasteiger partial charge in [0.05, 0.1) is 6.54 Å². The first-order valence-electron chi connectivity index (χ1n) is 8.72. The summed E-state index contributed by atoms with van der Waals surface area (Å²) in [4.78, 5) is 0. The summed E-state index contributed by atoms with van der Waals surface area (Å²) in [5.41, 5.74) is 0. The predicted octanol–water partition coefficient (Wildman–Crippen LogP) is 1.86. The molecule has 0 aliphatic rings. The molecule has 224 valence electrons. The third kappa shape index (κ3) is 5.18. The van der Waals surface area contributed by atoms with Gasteiger partial charge in [0, 0.05) is 12.1 Å². The van der Waals surface area contributed by atoms with Gasteiger partial charge in [0.2, 0.25) is 0 Å². The summed E-state index contributed by atoms with van der Waals surface area (Å²) in [6.07, 6.45) is -5.66. The highest BCUT2D eigenvalue weighted by atomic mass is 35.5. The number of rotatable bonds is 11. The average molecular weight is 641 g/mol. The Hall–Kier alpha value is -1.84. The molecule has 1 aromatic rings. The van der Waals surface area contributed by atoms with E-state index < -0.39 is 70.1 Å². The summed E-state index contributed by atoms with van der Waals surface area (Å²) in [5, 5.41) is -7.56. The van der Waals surface area contributed by atoms with Crippen LogP contribution < -0.4 is 21.7 Å². The van der Waals surface area contributed by atoms with Crippen molar-refractivity contribution in [2.24, 2.45) is 0 Å². The quantitative estimate of drug-likeness (QED) is 0.297. The van der Waals surface area contributed by atoms with Crippen LogP contribution in [-0.4, -0.2) is 61.9 Å². The second-order valence-corrected chi connectivity index (χ2v) is 8.78. The lowest BCUT2D eigenvalue weighted by Crippen LogP contribution is -3.00. The first-order valence-corrected chi connectivity index (χ1v) is 10.2. The molecular weight excluding hydrogens is 631 g/mol. The molecule has 1 aromatic heterocycles. The van der Waals surface area contributed by atoms with Crippen molar-refractivity contribution in [3.63, 3.8) is 0 Å². The molecule has 0 aliphatic heterocycles. The summed E-state index contributed by atoms with van der Waals surface area (Å²) in [5.74, 6) is -51.6. The van der Waals surface area contributed by atoms with Crippen molar-refractivity contribution in [1.29, 1.82) is 0 Å². The minimum absolute atomic E-state index is 0. The molecule has 0 aromatic carbocycles. The van der Waals surface area contributed by atoms with E-state index in [1.807, 2.05) is 0 Å². The smallest absolute Gasteiger partial charge is 0.460 e. The summed E-state index contributed by atoms with van der Waals surface area (Å²) >= 11 is 0. The molecule has 1 rings (SSSR count). The third-order valence-corrected chi connectivity index (χ3v) is 5.99. The highest BCUT2D eigenvalue weighted by molar-refractivity contribution is 7.90. The van der Waals surface area contributed by atoms with Crippen LogP contribution >= 0.6 is 0 Å². The largest absolute Gasteiger partial charge is 1.00 e. The SMILES string of the molecule is O=S(=O)(NCC[n+]1ccccc1)C(F)(F)C(F)(F)C(F)(F)C(F)(F)C(F)(F)C(F)(F)C(F)(F)C(F)(F)F.[Cl-]. The molecule has 1 N–H and O–H groups in total. The Kier molecular flexibility index (Phi) is 9.79. The Bertz CT molecular complexity index is 1060. The number of aromatic nitrogens is 1. The molecular formula is C15H10ClF17N2O2S. The van der Waals surface area contributed by atoms with Gasteiger partial charge in [0.15, 0.2) is 18.9 Å². The van der Waals surface area contributed by atoms with Crippen LogP contribution in [0.4, 0.5) is 74.6 Å². The Morgan fingerprint density at radius 2 is 0.895 bits per heavy atom. The minimum Gasteiger partial charge on any atom is -1.00 e. The van der Waals surface area contributed by atoms with E-state index in [9.17, 15) is 83.1 Å². The maximum absolute atomic E-state index is 13.9. The van der Waals surface area contributed by atoms with Crippen LogP contribution in [0.1, 0.15) is 0 Å². The fourth-order valence-corrected chi connectivity index (χ4v) is 3.31. The maximum Gasteiger partial charge on any atom is 0.460 e. The van der Waals surface area contributed by atoms with E-state index in [1.54, 1.807) is 0 Å². The number of nitrogens with zero attached hydrogens (tertiary/aromatic N) is 1. The minimum atomic E-state index is -8.85. The molecule has 0 bridgehead atoms. The van der Waals surface area contributed by atoms with Gasteiger partial charge in [-0.3, -0.25) is 0 Å². The van der Waals surface area contributed by atoms with Gasteiger partial charge in [-0.15, -0.1) is 0 Å². The monoisotopic (exact) mass is 640 g/mol. The fourth-order valence-electron chi connectivity index (χ4n) is 2.30. The number of alkyl halides is 17. The first-order chi connectivity index (χ1) is 16.1. The van der Waals surface area contributed by atoms with Gasteiger partial charge in [-0.05, 0) is 0 Å². The molecule has 23 heteroatoms. The number of hydrogen-bond acceptors (Lipinski definition) is 2. The van der Waals surface area contributed by atoms with E-state index in [1.165, 1.54) is 18.2 Å². The van der Waals surface area contributed by atoms with Crippen molar-refractivity contribution in [2.75, 3.05) is 6.54 Å². The third-order valence-electron chi connectivity index (χ3n) is 4.47. The van der Waals surface area contributed by atoms with Gasteiger partial charge in [0.1, 0.15) is 0 Å². The molecule has 0 fully saturated rings. The van der Waals surface area contributed by atoms with E-state index in [-0.39, 0.29) is 12.4 Å². The lowest BCUT2D eigenvalue weighted by Gasteiger charge is -2.42. The molecule has 38 heavy (non-hydrogen) atoms. The number of sulfonamides is 1. The summed E-state index contributed by atoms with van der Waals surface area (Å²) in [6, 6.07) is 3.86. The zero-order chi connectivity index (χ0) is 29.7. The van der Waals surface area contributed by atoms with Crippen LogP contribution in [0.25, 0.3) is 0 Å². The van der Waals surface area contributed by atoms with Crippen molar-refractivity contribution in [3.05, 3.63) is 30.6 Å². The first kappa shape index (κ1) is 36.2. The van der Waals surface area contributed by atoms with Crippen molar-refractivity contribution >= 4 is 10.0 Å². The molecule has 0 saturated carbocycles. The van der Waals surface area contributed by atoms with Gasteiger partial charge < -0.3 is 12.4 Å². The van der Waals surface area contributed by atoms with Crippen LogP contribution in [0, 0.1) is 0 Å². The molecule has 1 heterocycles.